The van der Waals surface area contributed by atoms with Crippen molar-refractivity contribution in [3.8, 4) is 0 Å². The van der Waals surface area contributed by atoms with Crippen LogP contribution in [0.2, 0.25) is 0 Å². The molecule has 1 heterocycles. The van der Waals surface area contributed by atoms with Gasteiger partial charge in [-0.2, -0.15) is 0 Å². The van der Waals surface area contributed by atoms with Crippen molar-refractivity contribution in [3.05, 3.63) is 35.9 Å². The highest BCUT2D eigenvalue weighted by Gasteiger charge is 2.25. The van der Waals surface area contributed by atoms with Gasteiger partial charge in [0.05, 0.1) is 12.1 Å². The topological polar surface area (TPSA) is 66.6 Å². The number of nitrogens with zero attached hydrogens (tertiary/aromatic N) is 1. The minimum atomic E-state index is -0.435. The molecule has 3 N–H and O–H groups in total. The van der Waals surface area contributed by atoms with E-state index >= 15 is 0 Å². The maximum atomic E-state index is 12.1. The molecule has 1 aromatic carbocycles. The van der Waals surface area contributed by atoms with Crippen molar-refractivity contribution in [3.63, 3.8) is 0 Å². The number of carbonyl (C=O) groups excluding carboxylic acids is 1. The number of hydrogen-bond donors (Lipinski definition) is 2. The Morgan fingerprint density at radius 1 is 1.32 bits per heavy atom. The zero-order chi connectivity index (χ0) is 13.7. The molecule has 104 valence electrons. The number of aliphatic hydroxyl groups excluding tert-OH is 1. The summed E-state index contributed by atoms with van der Waals surface area (Å²) in [5.74, 6) is 0.0165. The Kier molecular flexibility index (Phi) is 4.93. The lowest BCUT2D eigenvalue weighted by molar-refractivity contribution is -0.134. The third-order valence-corrected chi connectivity index (χ3v) is 3.68. The molecule has 1 unspecified atom stereocenters. The van der Waals surface area contributed by atoms with Crippen LogP contribution in [0.5, 0.6) is 0 Å². The van der Waals surface area contributed by atoms with E-state index in [0.717, 1.165) is 6.42 Å². The molecule has 0 spiro atoms. The number of amides is 1. The molecule has 0 saturated carbocycles. The number of piperidine rings is 1. The van der Waals surface area contributed by atoms with Crippen LogP contribution in [-0.4, -0.2) is 41.1 Å². The van der Waals surface area contributed by atoms with Crippen molar-refractivity contribution < 1.29 is 9.90 Å². The highest BCUT2D eigenvalue weighted by atomic mass is 16.3. The van der Waals surface area contributed by atoms with Crippen molar-refractivity contribution in [2.45, 2.75) is 37.8 Å². The van der Waals surface area contributed by atoms with Crippen LogP contribution in [0, 0.1) is 0 Å². The van der Waals surface area contributed by atoms with Crippen molar-refractivity contribution in [2.75, 3.05) is 13.1 Å². The monoisotopic (exact) mass is 262 g/mol. The number of likely N-dealkylation sites (tertiary alicyclic amines) is 1. The lowest BCUT2D eigenvalue weighted by Gasteiger charge is -2.31. The molecule has 0 bridgehead atoms. The highest BCUT2D eigenvalue weighted by Crippen LogP contribution is 2.12. The summed E-state index contributed by atoms with van der Waals surface area (Å²) in [4.78, 5) is 13.9. The van der Waals surface area contributed by atoms with E-state index in [1.165, 1.54) is 5.56 Å². The van der Waals surface area contributed by atoms with Gasteiger partial charge >= 0.3 is 0 Å². The van der Waals surface area contributed by atoms with E-state index in [9.17, 15) is 9.90 Å². The number of rotatable bonds is 4. The molecule has 1 aliphatic heterocycles. The van der Waals surface area contributed by atoms with Crippen LogP contribution in [0.4, 0.5) is 0 Å². The number of aliphatic hydroxyl groups is 1. The van der Waals surface area contributed by atoms with Crippen LogP contribution in [-0.2, 0) is 11.2 Å². The summed E-state index contributed by atoms with van der Waals surface area (Å²) in [6.07, 6.45) is 2.56. The molecular weight excluding hydrogens is 240 g/mol. The smallest absolute Gasteiger partial charge is 0.239 e. The number of carbonyl (C=O) groups is 1. The van der Waals surface area contributed by atoms with E-state index in [0.29, 0.717) is 32.4 Å². The number of aryl methyl sites for hydroxylation is 1. The van der Waals surface area contributed by atoms with E-state index in [2.05, 4.69) is 12.1 Å². The molecule has 1 saturated heterocycles. The third-order valence-electron chi connectivity index (χ3n) is 3.68. The van der Waals surface area contributed by atoms with Gasteiger partial charge in [0.1, 0.15) is 0 Å². The molecule has 0 radical (unpaired) electrons. The standard InChI is InChI=1S/C15H22N2O2/c16-14(7-6-12-4-2-1-3-5-12)15(19)17-10-8-13(18)9-11-17/h1-5,13-14,18H,6-11,16H2. The maximum Gasteiger partial charge on any atom is 0.239 e. The minimum Gasteiger partial charge on any atom is -0.393 e. The number of hydrogen-bond acceptors (Lipinski definition) is 3. The predicted molar refractivity (Wildman–Crippen MR) is 74.6 cm³/mol. The molecule has 1 fully saturated rings. The van der Waals surface area contributed by atoms with E-state index in [1.54, 1.807) is 4.90 Å². The SMILES string of the molecule is NC(CCc1ccccc1)C(=O)N1CCC(O)CC1. The molecule has 2 rings (SSSR count). The molecule has 0 aliphatic carbocycles. The van der Waals surface area contributed by atoms with E-state index in [1.807, 2.05) is 18.2 Å². The Hall–Kier alpha value is -1.39. The molecular formula is C15H22N2O2. The molecule has 1 atom stereocenters. The van der Waals surface area contributed by atoms with Gasteiger partial charge in [0.25, 0.3) is 0 Å². The van der Waals surface area contributed by atoms with Gasteiger partial charge in [0.2, 0.25) is 5.91 Å². The van der Waals surface area contributed by atoms with Crippen molar-refractivity contribution >= 4 is 5.91 Å². The van der Waals surface area contributed by atoms with Crippen molar-refractivity contribution in [1.82, 2.24) is 4.90 Å². The predicted octanol–water partition coefficient (Wildman–Crippen LogP) is 0.930. The first-order valence-corrected chi connectivity index (χ1v) is 6.93. The summed E-state index contributed by atoms with van der Waals surface area (Å²) in [7, 11) is 0. The maximum absolute atomic E-state index is 12.1. The fraction of sp³-hybridized carbons (Fsp3) is 0.533. The van der Waals surface area contributed by atoms with E-state index < -0.39 is 6.04 Å². The largest absolute Gasteiger partial charge is 0.393 e. The number of nitrogens with two attached hydrogens (primary N) is 1. The zero-order valence-corrected chi connectivity index (χ0v) is 11.2. The second-order valence-corrected chi connectivity index (χ2v) is 5.19. The first-order chi connectivity index (χ1) is 9.16. The highest BCUT2D eigenvalue weighted by molar-refractivity contribution is 5.81. The second-order valence-electron chi connectivity index (χ2n) is 5.19. The Bertz CT molecular complexity index is 400. The molecule has 0 aromatic heterocycles. The van der Waals surface area contributed by atoms with Crippen molar-refractivity contribution in [2.24, 2.45) is 5.73 Å². The van der Waals surface area contributed by atoms with Gasteiger partial charge < -0.3 is 15.7 Å². The Labute approximate surface area is 114 Å². The van der Waals surface area contributed by atoms with Gasteiger partial charge in [-0.05, 0) is 31.2 Å². The summed E-state index contributed by atoms with van der Waals surface area (Å²) < 4.78 is 0. The van der Waals surface area contributed by atoms with Crippen LogP contribution in [0.3, 0.4) is 0 Å². The lowest BCUT2D eigenvalue weighted by atomic mass is 10.0. The molecule has 4 heteroatoms. The van der Waals surface area contributed by atoms with Gasteiger partial charge in [0, 0.05) is 13.1 Å². The summed E-state index contributed by atoms with van der Waals surface area (Å²) in [6, 6.07) is 9.63. The van der Waals surface area contributed by atoms with Gasteiger partial charge in [-0.1, -0.05) is 30.3 Å². The van der Waals surface area contributed by atoms with Crippen LogP contribution in [0.25, 0.3) is 0 Å². The zero-order valence-electron chi connectivity index (χ0n) is 11.2. The second kappa shape index (κ2) is 6.68. The normalized spacial score (nSPS) is 18.3. The van der Waals surface area contributed by atoms with Gasteiger partial charge in [-0.3, -0.25) is 4.79 Å². The van der Waals surface area contributed by atoms with Gasteiger partial charge in [0.15, 0.2) is 0 Å². The molecule has 19 heavy (non-hydrogen) atoms. The van der Waals surface area contributed by atoms with Crippen LogP contribution >= 0.6 is 0 Å². The van der Waals surface area contributed by atoms with E-state index in [4.69, 9.17) is 5.73 Å². The fourth-order valence-electron chi connectivity index (χ4n) is 2.41. The molecule has 1 aliphatic rings. The summed E-state index contributed by atoms with van der Waals surface area (Å²) in [5.41, 5.74) is 7.19. The van der Waals surface area contributed by atoms with Crippen molar-refractivity contribution in [1.29, 1.82) is 0 Å². The fourth-order valence-corrected chi connectivity index (χ4v) is 2.41. The first kappa shape index (κ1) is 14.0. The van der Waals surface area contributed by atoms with Crippen LogP contribution < -0.4 is 5.73 Å². The molecule has 4 nitrogen and oxygen atoms in total. The quantitative estimate of drug-likeness (QED) is 0.848. The minimum absolute atomic E-state index is 0.0165. The summed E-state index contributed by atoms with van der Waals surface area (Å²) in [5, 5.41) is 9.43. The summed E-state index contributed by atoms with van der Waals surface area (Å²) >= 11 is 0. The van der Waals surface area contributed by atoms with Gasteiger partial charge in [-0.15, -0.1) is 0 Å². The average Bonchev–Trinajstić information content (AvgIpc) is 2.46. The summed E-state index contributed by atoms with van der Waals surface area (Å²) in [6.45, 7) is 1.25. The number of benzene rings is 1. The molecule has 1 amide bonds. The average molecular weight is 262 g/mol. The lowest BCUT2D eigenvalue weighted by Crippen LogP contribution is -2.48. The Balaban J connectivity index is 1.79. The Morgan fingerprint density at radius 3 is 2.58 bits per heavy atom. The molecule has 1 aromatic rings. The first-order valence-electron chi connectivity index (χ1n) is 6.93. The third kappa shape index (κ3) is 4.04. The van der Waals surface area contributed by atoms with Gasteiger partial charge in [-0.25, -0.2) is 0 Å². The van der Waals surface area contributed by atoms with E-state index in [-0.39, 0.29) is 12.0 Å². The Morgan fingerprint density at radius 2 is 1.95 bits per heavy atom. The van der Waals surface area contributed by atoms with Crippen LogP contribution in [0.1, 0.15) is 24.8 Å². The van der Waals surface area contributed by atoms with Crippen LogP contribution in [0.15, 0.2) is 30.3 Å².